The van der Waals surface area contributed by atoms with Crippen LogP contribution in [-0.2, 0) is 17.6 Å². The molecule has 2 aromatic rings. The number of para-hydroxylation sites is 1. The molecule has 1 heterocycles. The van der Waals surface area contributed by atoms with Gasteiger partial charge in [-0.1, -0.05) is 32.0 Å². The van der Waals surface area contributed by atoms with E-state index in [4.69, 9.17) is 0 Å². The quantitative estimate of drug-likeness (QED) is 0.779. The van der Waals surface area contributed by atoms with Crippen molar-refractivity contribution >= 4 is 33.8 Å². The number of nitrogens with one attached hydrogen (secondary N) is 2. The smallest absolute Gasteiger partial charge is 0.258 e. The second-order valence-corrected chi connectivity index (χ2v) is 7.50. The first kappa shape index (κ1) is 18.6. The summed E-state index contributed by atoms with van der Waals surface area (Å²) in [5, 5.41) is 6.62. The van der Waals surface area contributed by atoms with Crippen LogP contribution in [0.4, 0.5) is 10.7 Å². The zero-order valence-corrected chi connectivity index (χ0v) is 16.1. The van der Waals surface area contributed by atoms with Crippen LogP contribution in [0.3, 0.4) is 0 Å². The second-order valence-electron chi connectivity index (χ2n) is 6.39. The maximum atomic E-state index is 12.9. The number of hydrogen-bond acceptors (Lipinski definition) is 4. The predicted molar refractivity (Wildman–Crippen MR) is 107 cm³/mol. The lowest BCUT2D eigenvalue weighted by Crippen LogP contribution is -2.33. The summed E-state index contributed by atoms with van der Waals surface area (Å²) in [6.45, 7) is 6.07. The molecule has 0 saturated heterocycles. The Labute approximate surface area is 158 Å². The van der Waals surface area contributed by atoms with Gasteiger partial charge in [0.2, 0.25) is 5.91 Å². The first-order chi connectivity index (χ1) is 12.6. The summed E-state index contributed by atoms with van der Waals surface area (Å²) in [6.07, 6.45) is 2.95. The van der Waals surface area contributed by atoms with Crippen molar-refractivity contribution in [3.8, 4) is 0 Å². The molecular weight excluding hydrogens is 346 g/mol. The number of likely N-dealkylation sites (N-methyl/N-ethyl adjacent to an activating group) is 1. The van der Waals surface area contributed by atoms with E-state index in [1.54, 1.807) is 11.3 Å². The lowest BCUT2D eigenvalue weighted by molar-refractivity contribution is -0.117. The molecule has 0 saturated carbocycles. The standard InChI is InChI=1S/C20H25N3O2S/c1-3-23(4-2)13-17(24)22-20-18(15-11-8-12-16(15)26-20)19(25)21-14-9-6-5-7-10-14/h5-7,9-10H,3-4,8,11-13H2,1-2H3,(H,21,25)(H,22,24). The van der Waals surface area contributed by atoms with Gasteiger partial charge in [-0.2, -0.15) is 0 Å². The molecule has 0 unspecified atom stereocenters. The van der Waals surface area contributed by atoms with E-state index < -0.39 is 0 Å². The molecule has 2 amide bonds. The number of fused-ring (bicyclic) bond motifs is 1. The molecule has 0 fully saturated rings. The minimum Gasteiger partial charge on any atom is -0.322 e. The molecule has 0 aliphatic heterocycles. The lowest BCUT2D eigenvalue weighted by atomic mass is 10.1. The van der Waals surface area contributed by atoms with Crippen LogP contribution in [0.15, 0.2) is 30.3 Å². The van der Waals surface area contributed by atoms with Gasteiger partial charge in [0.1, 0.15) is 5.00 Å². The van der Waals surface area contributed by atoms with Gasteiger partial charge in [-0.3, -0.25) is 14.5 Å². The molecule has 1 aliphatic carbocycles. The van der Waals surface area contributed by atoms with E-state index >= 15 is 0 Å². The summed E-state index contributed by atoms with van der Waals surface area (Å²) in [5.74, 6) is -0.212. The van der Waals surface area contributed by atoms with E-state index in [0.29, 0.717) is 17.1 Å². The number of amides is 2. The fourth-order valence-corrected chi connectivity index (χ4v) is 4.57. The van der Waals surface area contributed by atoms with Crippen molar-refractivity contribution in [1.29, 1.82) is 0 Å². The largest absolute Gasteiger partial charge is 0.322 e. The van der Waals surface area contributed by atoms with E-state index in [-0.39, 0.29) is 11.8 Å². The molecule has 0 radical (unpaired) electrons. The van der Waals surface area contributed by atoms with Gasteiger partial charge in [-0.05, 0) is 50.0 Å². The van der Waals surface area contributed by atoms with Gasteiger partial charge >= 0.3 is 0 Å². The SMILES string of the molecule is CCN(CC)CC(=O)Nc1sc2c(c1C(=O)Nc1ccccc1)CCC2. The number of nitrogens with zero attached hydrogens (tertiary/aromatic N) is 1. The van der Waals surface area contributed by atoms with Crippen molar-refractivity contribution in [1.82, 2.24) is 4.90 Å². The van der Waals surface area contributed by atoms with Gasteiger partial charge in [-0.15, -0.1) is 11.3 Å². The number of carbonyl (C=O) groups excluding carboxylic acids is 2. The number of benzene rings is 1. The number of aryl methyl sites for hydroxylation is 1. The van der Waals surface area contributed by atoms with E-state index in [2.05, 4.69) is 15.5 Å². The van der Waals surface area contributed by atoms with Gasteiger partial charge in [0.25, 0.3) is 5.91 Å². The Morgan fingerprint density at radius 3 is 2.50 bits per heavy atom. The number of hydrogen-bond donors (Lipinski definition) is 2. The molecule has 6 heteroatoms. The van der Waals surface area contributed by atoms with Crippen LogP contribution >= 0.6 is 11.3 Å². The van der Waals surface area contributed by atoms with Crippen LogP contribution in [0.1, 0.15) is 41.1 Å². The molecule has 1 aromatic carbocycles. The number of thiophene rings is 1. The first-order valence-corrected chi connectivity index (χ1v) is 9.97. The third-order valence-corrected chi connectivity index (χ3v) is 5.90. The molecule has 0 bridgehead atoms. The van der Waals surface area contributed by atoms with Crippen LogP contribution < -0.4 is 10.6 Å². The molecule has 5 nitrogen and oxygen atoms in total. The number of carbonyl (C=O) groups is 2. The van der Waals surface area contributed by atoms with Crippen LogP contribution in [-0.4, -0.2) is 36.3 Å². The van der Waals surface area contributed by atoms with Crippen molar-refractivity contribution in [2.75, 3.05) is 30.3 Å². The monoisotopic (exact) mass is 371 g/mol. The van der Waals surface area contributed by atoms with E-state index in [9.17, 15) is 9.59 Å². The predicted octanol–water partition coefficient (Wildman–Crippen LogP) is 3.77. The topological polar surface area (TPSA) is 61.4 Å². The minimum absolute atomic E-state index is 0.0672. The molecule has 0 spiro atoms. The third kappa shape index (κ3) is 4.14. The molecular formula is C20H25N3O2S. The summed E-state index contributed by atoms with van der Waals surface area (Å²) in [5.41, 5.74) is 2.50. The summed E-state index contributed by atoms with van der Waals surface area (Å²) in [4.78, 5) is 28.6. The molecule has 26 heavy (non-hydrogen) atoms. The van der Waals surface area contributed by atoms with Crippen molar-refractivity contribution < 1.29 is 9.59 Å². The summed E-state index contributed by atoms with van der Waals surface area (Å²) >= 11 is 1.55. The average Bonchev–Trinajstić information content (AvgIpc) is 3.21. The molecule has 2 N–H and O–H groups in total. The summed E-state index contributed by atoms with van der Waals surface area (Å²) in [6, 6.07) is 9.42. The lowest BCUT2D eigenvalue weighted by Gasteiger charge is -2.17. The highest BCUT2D eigenvalue weighted by molar-refractivity contribution is 7.17. The molecule has 1 aromatic heterocycles. The van der Waals surface area contributed by atoms with Crippen LogP contribution in [0, 0.1) is 0 Å². The fraction of sp³-hybridized carbons (Fsp3) is 0.400. The second kappa shape index (κ2) is 8.47. The highest BCUT2D eigenvalue weighted by Crippen LogP contribution is 2.39. The Morgan fingerprint density at radius 1 is 1.08 bits per heavy atom. The van der Waals surface area contributed by atoms with E-state index in [1.165, 1.54) is 4.88 Å². The Morgan fingerprint density at radius 2 is 1.81 bits per heavy atom. The number of anilines is 2. The Hall–Kier alpha value is -2.18. The Bertz CT molecular complexity index is 782. The van der Waals surface area contributed by atoms with Crippen molar-refractivity contribution in [3.63, 3.8) is 0 Å². The Balaban J connectivity index is 1.80. The zero-order chi connectivity index (χ0) is 18.5. The van der Waals surface area contributed by atoms with Crippen LogP contribution in [0.25, 0.3) is 0 Å². The maximum Gasteiger partial charge on any atom is 0.258 e. The minimum atomic E-state index is -0.145. The highest BCUT2D eigenvalue weighted by Gasteiger charge is 2.27. The van der Waals surface area contributed by atoms with Gasteiger partial charge in [0, 0.05) is 10.6 Å². The molecule has 3 rings (SSSR count). The fourth-order valence-electron chi connectivity index (χ4n) is 3.26. The van der Waals surface area contributed by atoms with Gasteiger partial charge < -0.3 is 10.6 Å². The van der Waals surface area contributed by atoms with Gasteiger partial charge in [-0.25, -0.2) is 0 Å². The van der Waals surface area contributed by atoms with Crippen molar-refractivity contribution in [2.24, 2.45) is 0 Å². The first-order valence-electron chi connectivity index (χ1n) is 9.15. The van der Waals surface area contributed by atoms with Crippen LogP contribution in [0.2, 0.25) is 0 Å². The van der Waals surface area contributed by atoms with E-state index in [1.807, 2.05) is 44.2 Å². The number of rotatable bonds is 7. The normalized spacial score (nSPS) is 12.9. The molecule has 138 valence electrons. The highest BCUT2D eigenvalue weighted by atomic mass is 32.1. The van der Waals surface area contributed by atoms with Gasteiger partial charge in [0.05, 0.1) is 12.1 Å². The van der Waals surface area contributed by atoms with E-state index in [0.717, 1.165) is 43.6 Å². The molecule has 0 atom stereocenters. The van der Waals surface area contributed by atoms with Crippen LogP contribution in [0.5, 0.6) is 0 Å². The zero-order valence-electron chi connectivity index (χ0n) is 15.3. The van der Waals surface area contributed by atoms with Gasteiger partial charge in [0.15, 0.2) is 0 Å². The van der Waals surface area contributed by atoms with Crippen molar-refractivity contribution in [3.05, 3.63) is 46.3 Å². The maximum absolute atomic E-state index is 12.9. The molecule has 1 aliphatic rings. The average molecular weight is 372 g/mol. The van der Waals surface area contributed by atoms with Crippen molar-refractivity contribution in [2.45, 2.75) is 33.1 Å². The third-order valence-electron chi connectivity index (χ3n) is 4.69. The summed E-state index contributed by atoms with van der Waals surface area (Å²) in [7, 11) is 0. The Kier molecular flexibility index (Phi) is 6.06. The summed E-state index contributed by atoms with van der Waals surface area (Å²) < 4.78 is 0.